The number of anilines is 1. The topological polar surface area (TPSA) is 88.6 Å². The van der Waals surface area contributed by atoms with Gasteiger partial charge in [-0.3, -0.25) is 14.1 Å². The summed E-state index contributed by atoms with van der Waals surface area (Å²) >= 11 is 5.90. The van der Waals surface area contributed by atoms with E-state index in [1.165, 1.54) is 4.31 Å². The van der Waals surface area contributed by atoms with Gasteiger partial charge in [-0.05, 0) is 53.6 Å². The fourth-order valence-electron chi connectivity index (χ4n) is 2.77. The van der Waals surface area contributed by atoms with Gasteiger partial charge in [0.1, 0.15) is 5.75 Å². The summed E-state index contributed by atoms with van der Waals surface area (Å²) in [5.74, 6) is 0.189. The summed E-state index contributed by atoms with van der Waals surface area (Å²) in [6, 6.07) is 17.2. The maximum atomic E-state index is 12.3. The zero-order valence-electron chi connectivity index (χ0n) is 16.9. The van der Waals surface area contributed by atoms with Crippen LogP contribution in [-0.4, -0.2) is 32.2 Å². The zero-order chi connectivity index (χ0) is 22.3. The van der Waals surface area contributed by atoms with Crippen LogP contribution < -0.4 is 14.4 Å². The number of pyridine rings is 1. The molecule has 0 saturated carbocycles. The van der Waals surface area contributed by atoms with Crippen LogP contribution in [0.5, 0.6) is 5.75 Å². The van der Waals surface area contributed by atoms with Gasteiger partial charge in [0, 0.05) is 24.0 Å². The van der Waals surface area contributed by atoms with E-state index in [0.717, 1.165) is 17.4 Å². The molecule has 3 aromatic rings. The fraction of sp³-hybridized carbons (Fsp3) is 0.182. The first-order valence-electron chi connectivity index (χ1n) is 9.42. The lowest BCUT2D eigenvalue weighted by Crippen LogP contribution is -2.29. The van der Waals surface area contributed by atoms with Gasteiger partial charge in [0.15, 0.2) is 6.61 Å². The van der Waals surface area contributed by atoms with E-state index in [2.05, 4.69) is 10.3 Å². The lowest BCUT2D eigenvalue weighted by Gasteiger charge is -2.23. The number of hydrogen-bond acceptors (Lipinski definition) is 5. The van der Waals surface area contributed by atoms with Crippen molar-refractivity contribution >= 4 is 33.2 Å². The van der Waals surface area contributed by atoms with Gasteiger partial charge >= 0.3 is 0 Å². The number of halogens is 1. The Balaban J connectivity index is 1.59. The summed E-state index contributed by atoms with van der Waals surface area (Å²) in [5, 5.41) is 3.33. The maximum Gasteiger partial charge on any atom is 0.258 e. The highest BCUT2D eigenvalue weighted by Gasteiger charge is 2.18. The lowest BCUT2D eigenvalue weighted by atomic mass is 10.2. The smallest absolute Gasteiger partial charge is 0.258 e. The molecule has 7 nitrogen and oxygen atoms in total. The van der Waals surface area contributed by atoms with Crippen LogP contribution in [0.2, 0.25) is 5.02 Å². The first kappa shape index (κ1) is 22.6. The predicted octanol–water partition coefficient (Wildman–Crippen LogP) is 3.40. The molecule has 0 aliphatic carbocycles. The fourth-order valence-corrected chi connectivity index (χ4v) is 3.78. The average molecular weight is 460 g/mol. The number of hydrogen-bond donors (Lipinski definition) is 1. The Bertz CT molecular complexity index is 1110. The van der Waals surface area contributed by atoms with E-state index in [1.54, 1.807) is 67.0 Å². The number of ether oxygens (including phenoxy) is 1. The van der Waals surface area contributed by atoms with Crippen LogP contribution in [0, 0.1) is 0 Å². The molecule has 0 spiro atoms. The van der Waals surface area contributed by atoms with Crippen molar-refractivity contribution in [1.29, 1.82) is 0 Å². The number of carbonyl (C=O) groups excluding carboxylic acids is 1. The number of benzene rings is 2. The average Bonchev–Trinajstić information content (AvgIpc) is 2.76. The van der Waals surface area contributed by atoms with E-state index in [0.29, 0.717) is 23.0 Å². The Labute approximate surface area is 186 Å². The molecule has 0 saturated heterocycles. The van der Waals surface area contributed by atoms with Crippen molar-refractivity contribution in [2.45, 2.75) is 13.1 Å². The minimum atomic E-state index is -3.51. The highest BCUT2D eigenvalue weighted by Crippen LogP contribution is 2.24. The summed E-state index contributed by atoms with van der Waals surface area (Å²) in [6.45, 7) is 0.385. The molecule has 0 radical (unpaired) electrons. The number of nitrogens with zero attached hydrogens (tertiary/aromatic N) is 2. The Morgan fingerprint density at radius 1 is 1.06 bits per heavy atom. The Kier molecular flexibility index (Phi) is 7.49. The molecular formula is C22H22ClN3O4S. The van der Waals surface area contributed by atoms with Crippen LogP contribution in [0.3, 0.4) is 0 Å². The molecule has 9 heteroatoms. The molecule has 1 N–H and O–H groups in total. The highest BCUT2D eigenvalue weighted by atomic mass is 35.5. The van der Waals surface area contributed by atoms with E-state index in [1.807, 2.05) is 6.07 Å². The molecule has 0 aliphatic heterocycles. The van der Waals surface area contributed by atoms with Crippen molar-refractivity contribution in [3.05, 3.63) is 89.2 Å². The molecule has 162 valence electrons. The molecule has 0 bridgehead atoms. The number of carbonyl (C=O) groups is 1. The Morgan fingerprint density at radius 3 is 2.39 bits per heavy atom. The largest absolute Gasteiger partial charge is 0.484 e. The van der Waals surface area contributed by atoms with Crippen LogP contribution in [0.15, 0.2) is 73.1 Å². The number of sulfonamides is 1. The van der Waals surface area contributed by atoms with Crippen molar-refractivity contribution in [3.63, 3.8) is 0 Å². The molecule has 1 aromatic heterocycles. The summed E-state index contributed by atoms with van der Waals surface area (Å²) in [6.07, 6.45) is 4.50. The summed E-state index contributed by atoms with van der Waals surface area (Å²) in [7, 11) is -3.51. The third-order valence-electron chi connectivity index (χ3n) is 4.35. The SMILES string of the molecule is CS(=O)(=O)N(Cc1ccc(Cl)cc1)c1ccc(OCC(=O)NCc2cccnc2)cc1. The van der Waals surface area contributed by atoms with Gasteiger partial charge < -0.3 is 10.1 Å². The Hall–Kier alpha value is -3.10. The lowest BCUT2D eigenvalue weighted by molar-refractivity contribution is -0.123. The first-order chi connectivity index (χ1) is 14.8. The molecule has 1 heterocycles. The van der Waals surface area contributed by atoms with Crippen molar-refractivity contribution in [2.75, 3.05) is 17.2 Å². The second-order valence-electron chi connectivity index (χ2n) is 6.82. The third-order valence-corrected chi connectivity index (χ3v) is 5.74. The van der Waals surface area contributed by atoms with E-state index in [4.69, 9.17) is 16.3 Å². The summed E-state index contributed by atoms with van der Waals surface area (Å²) < 4.78 is 31.4. The van der Waals surface area contributed by atoms with E-state index in [-0.39, 0.29) is 19.1 Å². The van der Waals surface area contributed by atoms with Gasteiger partial charge in [-0.2, -0.15) is 0 Å². The molecule has 1 amide bonds. The second-order valence-corrected chi connectivity index (χ2v) is 9.16. The summed E-state index contributed by atoms with van der Waals surface area (Å²) in [5.41, 5.74) is 2.19. The zero-order valence-corrected chi connectivity index (χ0v) is 18.4. The molecule has 0 aliphatic rings. The van der Waals surface area contributed by atoms with Crippen LogP contribution >= 0.6 is 11.6 Å². The number of amides is 1. The molecule has 31 heavy (non-hydrogen) atoms. The second kappa shape index (κ2) is 10.3. The number of nitrogens with one attached hydrogen (secondary N) is 1. The van der Waals surface area contributed by atoms with Crippen molar-refractivity contribution in [2.24, 2.45) is 0 Å². The van der Waals surface area contributed by atoms with Gasteiger partial charge in [-0.1, -0.05) is 29.8 Å². The van der Waals surface area contributed by atoms with E-state index in [9.17, 15) is 13.2 Å². The third kappa shape index (κ3) is 6.97. The van der Waals surface area contributed by atoms with Crippen molar-refractivity contribution < 1.29 is 17.9 Å². The standard InChI is InChI=1S/C22H22ClN3O4S/c1-31(28,29)26(15-17-4-6-19(23)7-5-17)20-8-10-21(11-9-20)30-16-22(27)25-14-18-3-2-12-24-13-18/h2-13H,14-16H2,1H3,(H,25,27). The molecular weight excluding hydrogens is 438 g/mol. The Morgan fingerprint density at radius 2 is 1.77 bits per heavy atom. The predicted molar refractivity (Wildman–Crippen MR) is 120 cm³/mol. The van der Waals surface area contributed by atoms with Gasteiger partial charge in [-0.15, -0.1) is 0 Å². The quantitative estimate of drug-likeness (QED) is 0.529. The first-order valence-corrected chi connectivity index (χ1v) is 11.6. The van der Waals surface area contributed by atoms with E-state index >= 15 is 0 Å². The molecule has 0 atom stereocenters. The van der Waals surface area contributed by atoms with Crippen LogP contribution in [0.4, 0.5) is 5.69 Å². The minimum Gasteiger partial charge on any atom is -0.484 e. The molecule has 2 aromatic carbocycles. The molecule has 3 rings (SSSR count). The van der Waals surface area contributed by atoms with Crippen LogP contribution in [0.25, 0.3) is 0 Å². The minimum absolute atomic E-state index is 0.153. The molecule has 0 unspecified atom stereocenters. The van der Waals surface area contributed by atoms with Crippen LogP contribution in [-0.2, 0) is 27.9 Å². The molecule has 0 fully saturated rings. The maximum absolute atomic E-state index is 12.3. The van der Waals surface area contributed by atoms with Crippen molar-refractivity contribution in [1.82, 2.24) is 10.3 Å². The highest BCUT2D eigenvalue weighted by molar-refractivity contribution is 7.92. The van der Waals surface area contributed by atoms with Gasteiger partial charge in [0.25, 0.3) is 5.91 Å². The van der Waals surface area contributed by atoms with Crippen LogP contribution in [0.1, 0.15) is 11.1 Å². The van der Waals surface area contributed by atoms with Gasteiger partial charge in [0.05, 0.1) is 18.5 Å². The number of aromatic nitrogens is 1. The summed E-state index contributed by atoms with van der Waals surface area (Å²) in [4.78, 5) is 16.0. The van der Waals surface area contributed by atoms with Gasteiger partial charge in [-0.25, -0.2) is 8.42 Å². The van der Waals surface area contributed by atoms with E-state index < -0.39 is 10.0 Å². The van der Waals surface area contributed by atoms with Gasteiger partial charge in [0.2, 0.25) is 10.0 Å². The normalized spacial score (nSPS) is 11.0. The monoisotopic (exact) mass is 459 g/mol. The number of rotatable bonds is 9. The van der Waals surface area contributed by atoms with Crippen molar-refractivity contribution in [3.8, 4) is 5.75 Å².